The van der Waals surface area contributed by atoms with Gasteiger partial charge in [-0.15, -0.1) is 0 Å². The number of pyridine rings is 1. The molecule has 36 heavy (non-hydrogen) atoms. The molecule has 0 unspecified atom stereocenters. The third-order valence-corrected chi connectivity index (χ3v) is 6.97. The van der Waals surface area contributed by atoms with Crippen molar-refractivity contribution in [2.75, 3.05) is 18.0 Å². The van der Waals surface area contributed by atoms with E-state index in [1.165, 1.54) is 5.56 Å². The second-order valence-corrected chi connectivity index (χ2v) is 10.5. The summed E-state index contributed by atoms with van der Waals surface area (Å²) in [5.41, 5.74) is 6.39. The summed E-state index contributed by atoms with van der Waals surface area (Å²) in [7, 11) is 0. The molecule has 0 spiro atoms. The van der Waals surface area contributed by atoms with Crippen LogP contribution in [0.1, 0.15) is 55.1 Å². The number of piperidine rings is 1. The predicted molar refractivity (Wildman–Crippen MR) is 144 cm³/mol. The summed E-state index contributed by atoms with van der Waals surface area (Å²) in [5, 5.41) is 13.9. The van der Waals surface area contributed by atoms with Gasteiger partial charge in [0.1, 0.15) is 6.07 Å². The molecular weight excluding hydrogens is 446 g/mol. The van der Waals surface area contributed by atoms with Crippen molar-refractivity contribution in [3.63, 3.8) is 0 Å². The fraction of sp³-hybridized carbons (Fsp3) is 0.300. The highest BCUT2D eigenvalue weighted by Crippen LogP contribution is 2.34. The van der Waals surface area contributed by atoms with Crippen molar-refractivity contribution < 1.29 is 4.79 Å². The van der Waals surface area contributed by atoms with Crippen LogP contribution in [0.15, 0.2) is 67.0 Å². The molecule has 1 aliphatic heterocycles. The first-order valence-corrected chi connectivity index (χ1v) is 12.5. The second-order valence-electron chi connectivity index (χ2n) is 10.5. The lowest BCUT2D eigenvalue weighted by Gasteiger charge is -2.35. The van der Waals surface area contributed by atoms with Crippen LogP contribution >= 0.6 is 0 Å². The van der Waals surface area contributed by atoms with E-state index in [2.05, 4.69) is 53.1 Å². The van der Waals surface area contributed by atoms with Gasteiger partial charge in [0.25, 0.3) is 5.91 Å². The Balaban J connectivity index is 1.37. The van der Waals surface area contributed by atoms with Crippen molar-refractivity contribution >= 4 is 22.5 Å². The lowest BCUT2D eigenvalue weighted by Crippen LogP contribution is -2.47. The van der Waals surface area contributed by atoms with Crippen molar-refractivity contribution in [3.8, 4) is 17.3 Å². The van der Waals surface area contributed by atoms with E-state index >= 15 is 0 Å². The van der Waals surface area contributed by atoms with E-state index in [4.69, 9.17) is 0 Å². The number of carbonyl (C=O) groups excluding carboxylic acids is 1. The van der Waals surface area contributed by atoms with Crippen LogP contribution in [0, 0.1) is 11.3 Å². The van der Waals surface area contributed by atoms with Crippen LogP contribution in [0.3, 0.4) is 0 Å². The molecule has 2 aromatic heterocycles. The number of fused-ring (bicyclic) bond motifs is 1. The lowest BCUT2D eigenvalue weighted by atomic mass is 9.86. The molecule has 1 atom stereocenters. The number of hydrogen-bond acceptors (Lipinski definition) is 4. The minimum Gasteiger partial charge on any atom is -0.369 e. The van der Waals surface area contributed by atoms with Crippen LogP contribution in [0.4, 0.5) is 5.69 Å². The van der Waals surface area contributed by atoms with Gasteiger partial charge >= 0.3 is 0 Å². The van der Waals surface area contributed by atoms with E-state index in [9.17, 15) is 10.1 Å². The lowest BCUT2D eigenvalue weighted by molar-refractivity contribution is 0.0933. The molecule has 4 aromatic rings. The van der Waals surface area contributed by atoms with Crippen molar-refractivity contribution in [1.82, 2.24) is 15.3 Å². The zero-order valence-electron chi connectivity index (χ0n) is 21.0. The molecule has 3 heterocycles. The van der Waals surface area contributed by atoms with Gasteiger partial charge in [0.05, 0.1) is 11.1 Å². The summed E-state index contributed by atoms with van der Waals surface area (Å²) >= 11 is 0. The van der Waals surface area contributed by atoms with Crippen LogP contribution in [-0.2, 0) is 5.41 Å². The SMILES string of the molecule is CC(C)(C)c1ccc(C(=O)N[C@@H]2CCCN(c3ccc(C#N)c4[nH]c(-c5cccnc5)cc34)C2)cc1. The highest BCUT2D eigenvalue weighted by Gasteiger charge is 2.25. The number of aromatic nitrogens is 2. The monoisotopic (exact) mass is 477 g/mol. The Morgan fingerprint density at radius 1 is 1.17 bits per heavy atom. The number of anilines is 1. The molecule has 182 valence electrons. The van der Waals surface area contributed by atoms with Gasteiger partial charge in [-0.2, -0.15) is 5.26 Å². The molecule has 1 saturated heterocycles. The quantitative estimate of drug-likeness (QED) is 0.389. The van der Waals surface area contributed by atoms with Gasteiger partial charge in [0.2, 0.25) is 0 Å². The molecular formula is C30H31N5O. The normalized spacial score (nSPS) is 16.1. The highest BCUT2D eigenvalue weighted by atomic mass is 16.1. The van der Waals surface area contributed by atoms with Crippen LogP contribution in [0.5, 0.6) is 0 Å². The fourth-order valence-electron chi connectivity index (χ4n) is 4.96. The zero-order chi connectivity index (χ0) is 25.3. The fourth-order valence-corrected chi connectivity index (χ4v) is 4.96. The summed E-state index contributed by atoms with van der Waals surface area (Å²) < 4.78 is 0. The average molecular weight is 478 g/mol. The first-order chi connectivity index (χ1) is 17.3. The molecule has 6 nitrogen and oxygen atoms in total. The number of nitriles is 1. The smallest absolute Gasteiger partial charge is 0.251 e. The van der Waals surface area contributed by atoms with E-state index in [0.717, 1.165) is 53.8 Å². The van der Waals surface area contributed by atoms with E-state index in [1.807, 2.05) is 54.7 Å². The Morgan fingerprint density at radius 3 is 2.67 bits per heavy atom. The van der Waals surface area contributed by atoms with E-state index in [0.29, 0.717) is 11.1 Å². The van der Waals surface area contributed by atoms with Gasteiger partial charge in [-0.3, -0.25) is 9.78 Å². The number of amides is 1. The molecule has 6 heteroatoms. The first-order valence-electron chi connectivity index (χ1n) is 12.5. The number of rotatable bonds is 4. The third kappa shape index (κ3) is 4.70. The van der Waals surface area contributed by atoms with Crippen LogP contribution in [0.25, 0.3) is 22.2 Å². The first kappa shape index (κ1) is 23.6. The maximum atomic E-state index is 13.0. The zero-order valence-corrected chi connectivity index (χ0v) is 21.0. The highest BCUT2D eigenvalue weighted by molar-refractivity contribution is 5.99. The van der Waals surface area contributed by atoms with Crippen LogP contribution in [0.2, 0.25) is 0 Å². The number of H-pyrrole nitrogens is 1. The summed E-state index contributed by atoms with van der Waals surface area (Å²) in [5.74, 6) is -0.0345. The van der Waals surface area contributed by atoms with Crippen molar-refractivity contribution in [1.29, 1.82) is 5.26 Å². The molecule has 5 rings (SSSR count). The van der Waals surface area contributed by atoms with Gasteiger partial charge in [-0.1, -0.05) is 32.9 Å². The number of nitrogens with one attached hydrogen (secondary N) is 2. The van der Waals surface area contributed by atoms with Gasteiger partial charge < -0.3 is 15.2 Å². The Morgan fingerprint density at radius 2 is 1.97 bits per heavy atom. The summed E-state index contributed by atoms with van der Waals surface area (Å²) in [6, 6.07) is 20.2. The largest absolute Gasteiger partial charge is 0.369 e. The van der Waals surface area contributed by atoms with Gasteiger partial charge in [0, 0.05) is 59.4 Å². The molecule has 0 bridgehead atoms. The number of hydrogen-bond donors (Lipinski definition) is 2. The van der Waals surface area contributed by atoms with E-state index in [1.54, 1.807) is 6.20 Å². The number of nitrogens with zero attached hydrogens (tertiary/aromatic N) is 3. The molecule has 0 radical (unpaired) electrons. The van der Waals surface area contributed by atoms with Gasteiger partial charge in [0.15, 0.2) is 0 Å². The molecule has 1 fully saturated rings. The maximum absolute atomic E-state index is 13.0. The third-order valence-electron chi connectivity index (χ3n) is 6.97. The molecule has 0 aliphatic carbocycles. The number of aromatic amines is 1. The predicted octanol–water partition coefficient (Wildman–Crippen LogP) is 5.80. The Bertz CT molecular complexity index is 1420. The minimum absolute atomic E-state index is 0.0345. The standard InChI is InChI=1S/C30H31N5O/c1-30(2,3)23-11-8-20(9-12-23)29(36)33-24-7-5-15-35(19-24)27-13-10-21(17-31)28-25(27)16-26(34-28)22-6-4-14-32-18-22/h4,6,8-14,16,18,24,34H,5,7,15,19H2,1-3H3,(H,33,36)/t24-/m1/s1. The molecule has 2 aromatic carbocycles. The summed E-state index contributed by atoms with van der Waals surface area (Å²) in [6.07, 6.45) is 5.49. The van der Waals surface area contributed by atoms with E-state index in [-0.39, 0.29) is 17.4 Å². The molecule has 2 N–H and O–H groups in total. The molecule has 1 aliphatic rings. The Kier molecular flexibility index (Phi) is 6.24. The summed E-state index contributed by atoms with van der Waals surface area (Å²) in [4.78, 5) is 23.0. The van der Waals surface area contributed by atoms with Crippen molar-refractivity contribution in [2.45, 2.75) is 45.1 Å². The van der Waals surface area contributed by atoms with Gasteiger partial charge in [-0.05, 0) is 66.3 Å². The summed E-state index contributed by atoms with van der Waals surface area (Å²) in [6.45, 7) is 8.14. The molecule has 0 saturated carbocycles. The van der Waals surface area contributed by atoms with E-state index < -0.39 is 0 Å². The van der Waals surface area contributed by atoms with Crippen molar-refractivity contribution in [2.24, 2.45) is 0 Å². The Hall–Kier alpha value is -4.11. The van der Waals surface area contributed by atoms with Crippen LogP contribution in [-0.4, -0.2) is 35.0 Å². The van der Waals surface area contributed by atoms with Crippen LogP contribution < -0.4 is 10.2 Å². The minimum atomic E-state index is -0.0345. The Labute approximate surface area is 212 Å². The molecule has 1 amide bonds. The maximum Gasteiger partial charge on any atom is 0.251 e. The second kappa shape index (κ2) is 9.50. The number of carbonyl (C=O) groups is 1. The van der Waals surface area contributed by atoms with Gasteiger partial charge in [-0.25, -0.2) is 0 Å². The number of benzene rings is 2. The van der Waals surface area contributed by atoms with Crippen molar-refractivity contribution in [3.05, 3.63) is 83.7 Å². The average Bonchev–Trinajstić information content (AvgIpc) is 3.34. The topological polar surface area (TPSA) is 84.8 Å².